The van der Waals surface area contributed by atoms with Crippen molar-refractivity contribution in [2.24, 2.45) is 0 Å². The Balaban J connectivity index is 2.89. The summed E-state index contributed by atoms with van der Waals surface area (Å²) in [4.78, 5) is 0. The first-order valence-electron chi connectivity index (χ1n) is 4.55. The van der Waals surface area contributed by atoms with E-state index in [1.54, 1.807) is 7.11 Å². The summed E-state index contributed by atoms with van der Waals surface area (Å²) in [6.45, 7) is 2.99. The molecule has 0 rings (SSSR count). The average molecular weight is 156 g/mol. The third-order valence-corrected chi connectivity index (χ3v) is 1.65. The van der Waals surface area contributed by atoms with Gasteiger partial charge in [-0.05, 0) is 12.8 Å². The molecule has 0 aromatic heterocycles. The summed E-state index contributed by atoms with van der Waals surface area (Å²) in [5.74, 6) is 0. The zero-order valence-electron chi connectivity index (χ0n) is 7.81. The van der Waals surface area contributed by atoms with E-state index in [0.717, 1.165) is 6.61 Å². The van der Waals surface area contributed by atoms with Crippen LogP contribution >= 0.6 is 0 Å². The van der Waals surface area contributed by atoms with Crippen LogP contribution in [-0.4, -0.2) is 13.7 Å². The Morgan fingerprint density at radius 1 is 1.09 bits per heavy atom. The van der Waals surface area contributed by atoms with Gasteiger partial charge >= 0.3 is 0 Å². The molecule has 0 unspecified atom stereocenters. The van der Waals surface area contributed by atoms with Gasteiger partial charge in [0.1, 0.15) is 0 Å². The van der Waals surface area contributed by atoms with E-state index < -0.39 is 0 Å². The molecule has 0 aliphatic rings. The lowest BCUT2D eigenvalue weighted by Gasteiger charge is -1.93. The summed E-state index contributed by atoms with van der Waals surface area (Å²) < 4.78 is 4.88. The van der Waals surface area contributed by atoms with Gasteiger partial charge in [-0.1, -0.05) is 38.3 Å². The van der Waals surface area contributed by atoms with Crippen LogP contribution in [0.25, 0.3) is 0 Å². The molecule has 0 aliphatic carbocycles. The third kappa shape index (κ3) is 9.70. The summed E-state index contributed by atoms with van der Waals surface area (Å²) in [6, 6.07) is 0. The van der Waals surface area contributed by atoms with E-state index in [1.165, 1.54) is 32.1 Å². The maximum Gasteiger partial charge on any atom is 0.0643 e. The SMILES string of the molecule is CCCCCC/C=C/COC. The molecular formula is C10H20O. The van der Waals surface area contributed by atoms with Crippen molar-refractivity contribution >= 4 is 0 Å². The Kier molecular flexibility index (Phi) is 9.44. The standard InChI is InChI=1S/C10H20O/c1-3-4-5-6-7-8-9-10-11-2/h8-9H,3-7,10H2,1-2H3/b9-8+. The van der Waals surface area contributed by atoms with Crippen molar-refractivity contribution in [3.05, 3.63) is 12.2 Å². The Hall–Kier alpha value is -0.300. The molecule has 0 amide bonds. The van der Waals surface area contributed by atoms with E-state index in [0.29, 0.717) is 0 Å². The highest BCUT2D eigenvalue weighted by molar-refractivity contribution is 4.80. The van der Waals surface area contributed by atoms with E-state index in [4.69, 9.17) is 4.74 Å². The number of hydrogen-bond acceptors (Lipinski definition) is 1. The predicted octanol–water partition coefficient (Wildman–Crippen LogP) is 3.16. The van der Waals surface area contributed by atoms with Crippen molar-refractivity contribution in [1.82, 2.24) is 0 Å². The molecule has 0 atom stereocenters. The van der Waals surface area contributed by atoms with Crippen LogP contribution in [0.5, 0.6) is 0 Å². The fraction of sp³-hybridized carbons (Fsp3) is 0.800. The van der Waals surface area contributed by atoms with Crippen LogP contribution in [0.3, 0.4) is 0 Å². The fourth-order valence-corrected chi connectivity index (χ4v) is 0.971. The van der Waals surface area contributed by atoms with Crippen molar-refractivity contribution in [2.45, 2.75) is 39.0 Å². The number of methoxy groups -OCH3 is 1. The van der Waals surface area contributed by atoms with E-state index >= 15 is 0 Å². The molecule has 66 valence electrons. The lowest BCUT2D eigenvalue weighted by Crippen LogP contribution is -1.80. The second-order valence-corrected chi connectivity index (χ2v) is 2.78. The molecule has 11 heavy (non-hydrogen) atoms. The van der Waals surface area contributed by atoms with Gasteiger partial charge in [-0.2, -0.15) is 0 Å². The van der Waals surface area contributed by atoms with E-state index in [2.05, 4.69) is 19.1 Å². The summed E-state index contributed by atoms with van der Waals surface area (Å²) >= 11 is 0. The minimum atomic E-state index is 0.758. The van der Waals surface area contributed by atoms with Gasteiger partial charge in [-0.15, -0.1) is 0 Å². The van der Waals surface area contributed by atoms with Crippen LogP contribution in [0.15, 0.2) is 12.2 Å². The predicted molar refractivity (Wildman–Crippen MR) is 49.8 cm³/mol. The number of unbranched alkanes of at least 4 members (excludes halogenated alkanes) is 4. The van der Waals surface area contributed by atoms with Gasteiger partial charge in [0.05, 0.1) is 6.61 Å². The minimum absolute atomic E-state index is 0.758. The molecule has 0 heterocycles. The number of rotatable bonds is 7. The third-order valence-electron chi connectivity index (χ3n) is 1.65. The van der Waals surface area contributed by atoms with Crippen LogP contribution < -0.4 is 0 Å². The van der Waals surface area contributed by atoms with Crippen molar-refractivity contribution in [1.29, 1.82) is 0 Å². The van der Waals surface area contributed by atoms with Gasteiger partial charge in [0.2, 0.25) is 0 Å². The van der Waals surface area contributed by atoms with Gasteiger partial charge in [0.15, 0.2) is 0 Å². The molecule has 0 saturated carbocycles. The largest absolute Gasteiger partial charge is 0.381 e. The summed E-state index contributed by atoms with van der Waals surface area (Å²) in [5, 5.41) is 0. The summed E-state index contributed by atoms with van der Waals surface area (Å²) in [6.07, 6.45) is 10.9. The molecule has 0 spiro atoms. The average Bonchev–Trinajstić information content (AvgIpc) is 2.03. The van der Waals surface area contributed by atoms with Crippen molar-refractivity contribution in [3.8, 4) is 0 Å². The van der Waals surface area contributed by atoms with Gasteiger partial charge in [0, 0.05) is 7.11 Å². The monoisotopic (exact) mass is 156 g/mol. The van der Waals surface area contributed by atoms with Crippen molar-refractivity contribution in [2.75, 3.05) is 13.7 Å². The number of ether oxygens (including phenoxy) is 1. The Morgan fingerprint density at radius 2 is 1.91 bits per heavy atom. The van der Waals surface area contributed by atoms with Crippen molar-refractivity contribution < 1.29 is 4.74 Å². The molecule has 0 N–H and O–H groups in total. The van der Waals surface area contributed by atoms with Crippen LogP contribution in [0.4, 0.5) is 0 Å². The van der Waals surface area contributed by atoms with Crippen LogP contribution in [-0.2, 0) is 4.74 Å². The zero-order chi connectivity index (χ0) is 8.36. The van der Waals surface area contributed by atoms with Gasteiger partial charge in [-0.25, -0.2) is 0 Å². The van der Waals surface area contributed by atoms with Crippen LogP contribution in [0.1, 0.15) is 39.0 Å². The molecule has 0 fully saturated rings. The first-order chi connectivity index (χ1) is 5.41. The molecule has 1 heteroatoms. The van der Waals surface area contributed by atoms with Crippen LogP contribution in [0.2, 0.25) is 0 Å². The highest BCUT2D eigenvalue weighted by Crippen LogP contribution is 2.02. The molecule has 0 bridgehead atoms. The van der Waals surface area contributed by atoms with Gasteiger partial charge < -0.3 is 4.74 Å². The molecule has 0 aliphatic heterocycles. The Bertz CT molecular complexity index is 86.9. The minimum Gasteiger partial charge on any atom is -0.381 e. The molecular weight excluding hydrogens is 136 g/mol. The number of hydrogen-bond donors (Lipinski definition) is 0. The highest BCUT2D eigenvalue weighted by Gasteiger charge is 1.83. The Morgan fingerprint density at radius 3 is 2.55 bits per heavy atom. The highest BCUT2D eigenvalue weighted by atomic mass is 16.5. The van der Waals surface area contributed by atoms with Gasteiger partial charge in [-0.3, -0.25) is 0 Å². The topological polar surface area (TPSA) is 9.23 Å². The van der Waals surface area contributed by atoms with E-state index in [1.807, 2.05) is 0 Å². The van der Waals surface area contributed by atoms with E-state index in [-0.39, 0.29) is 0 Å². The second kappa shape index (κ2) is 9.70. The molecule has 0 radical (unpaired) electrons. The Labute approximate surface area is 70.4 Å². The number of allylic oxidation sites excluding steroid dienone is 1. The summed E-state index contributed by atoms with van der Waals surface area (Å²) in [7, 11) is 1.72. The maximum atomic E-state index is 4.88. The molecule has 1 nitrogen and oxygen atoms in total. The van der Waals surface area contributed by atoms with Crippen LogP contribution in [0, 0.1) is 0 Å². The molecule has 0 aromatic rings. The first-order valence-corrected chi connectivity index (χ1v) is 4.55. The maximum absolute atomic E-state index is 4.88. The summed E-state index contributed by atoms with van der Waals surface area (Å²) in [5.41, 5.74) is 0. The smallest absolute Gasteiger partial charge is 0.0643 e. The second-order valence-electron chi connectivity index (χ2n) is 2.78. The quantitative estimate of drug-likeness (QED) is 0.406. The lowest BCUT2D eigenvalue weighted by atomic mass is 10.1. The first kappa shape index (κ1) is 10.7. The normalized spacial score (nSPS) is 11.1. The molecule has 0 saturated heterocycles. The van der Waals surface area contributed by atoms with E-state index in [9.17, 15) is 0 Å². The lowest BCUT2D eigenvalue weighted by molar-refractivity contribution is 0.233. The molecule has 0 aromatic carbocycles. The zero-order valence-corrected chi connectivity index (χ0v) is 7.81. The van der Waals surface area contributed by atoms with Crippen molar-refractivity contribution in [3.63, 3.8) is 0 Å². The van der Waals surface area contributed by atoms with Gasteiger partial charge in [0.25, 0.3) is 0 Å². The fourth-order valence-electron chi connectivity index (χ4n) is 0.971.